The summed E-state index contributed by atoms with van der Waals surface area (Å²) >= 11 is 1.37. The van der Waals surface area contributed by atoms with Gasteiger partial charge < -0.3 is 15.1 Å². The van der Waals surface area contributed by atoms with Crippen molar-refractivity contribution < 1.29 is 9.26 Å². The van der Waals surface area contributed by atoms with Crippen molar-refractivity contribution in [2.45, 2.75) is 24.3 Å². The maximum atomic E-state index is 6.20. The molecule has 0 unspecified atom stereocenters. The van der Waals surface area contributed by atoms with Gasteiger partial charge in [-0.3, -0.25) is 0 Å². The molecule has 0 amide bonds. The zero-order valence-corrected chi connectivity index (χ0v) is 16.9. The fraction of sp³-hybridized carbons (Fsp3) is 0.200. The molecule has 4 aromatic rings. The second-order valence-electron chi connectivity index (χ2n) is 6.23. The molecule has 0 saturated heterocycles. The summed E-state index contributed by atoms with van der Waals surface area (Å²) in [4.78, 5) is 4.46. The number of para-hydroxylation sites is 1. The smallest absolute Gasteiger partial charge is 0.237 e. The van der Waals surface area contributed by atoms with E-state index < -0.39 is 0 Å². The minimum absolute atomic E-state index is 0.432. The van der Waals surface area contributed by atoms with Crippen LogP contribution in [-0.4, -0.2) is 32.1 Å². The van der Waals surface area contributed by atoms with E-state index in [1.54, 1.807) is 7.11 Å². The predicted molar refractivity (Wildman–Crippen MR) is 111 cm³/mol. The van der Waals surface area contributed by atoms with Crippen LogP contribution in [0.15, 0.2) is 58.2 Å². The first-order valence-corrected chi connectivity index (χ1v) is 10.1. The van der Waals surface area contributed by atoms with E-state index in [9.17, 15) is 0 Å². The molecule has 2 aromatic heterocycles. The Hall–Kier alpha value is -3.33. The standard InChI is InChI=1S/C20H20N6O2S/c1-3-13-8-10-14(11-9-13)18-22-17(28-25-18)12-29-20-24-23-19(26(20)21)15-6-4-5-7-16(15)27-2/h4-11H,3,12,21H2,1-2H3. The quantitative estimate of drug-likeness (QED) is 0.365. The first-order valence-electron chi connectivity index (χ1n) is 9.08. The lowest BCUT2D eigenvalue weighted by atomic mass is 10.1. The van der Waals surface area contributed by atoms with Gasteiger partial charge in [-0.2, -0.15) is 4.98 Å². The minimum Gasteiger partial charge on any atom is -0.496 e. The van der Waals surface area contributed by atoms with E-state index >= 15 is 0 Å². The highest BCUT2D eigenvalue weighted by Crippen LogP contribution is 2.30. The Morgan fingerprint density at radius 3 is 2.66 bits per heavy atom. The number of ether oxygens (including phenoxy) is 1. The molecule has 0 fully saturated rings. The number of benzene rings is 2. The third kappa shape index (κ3) is 3.95. The number of aromatic nitrogens is 5. The van der Waals surface area contributed by atoms with Gasteiger partial charge in [-0.1, -0.05) is 60.2 Å². The van der Waals surface area contributed by atoms with Gasteiger partial charge in [0, 0.05) is 5.56 Å². The number of rotatable bonds is 7. The molecule has 0 aliphatic rings. The molecule has 9 heteroatoms. The summed E-state index contributed by atoms with van der Waals surface area (Å²) in [6, 6.07) is 15.6. The molecule has 0 spiro atoms. The molecule has 0 saturated carbocycles. The van der Waals surface area contributed by atoms with Crippen LogP contribution >= 0.6 is 11.8 Å². The maximum absolute atomic E-state index is 6.20. The molecule has 8 nitrogen and oxygen atoms in total. The molecule has 29 heavy (non-hydrogen) atoms. The van der Waals surface area contributed by atoms with Gasteiger partial charge in [0.1, 0.15) is 5.75 Å². The number of thioether (sulfide) groups is 1. The van der Waals surface area contributed by atoms with Crippen LogP contribution in [0, 0.1) is 0 Å². The van der Waals surface area contributed by atoms with Gasteiger partial charge in [-0.25, -0.2) is 4.68 Å². The average Bonchev–Trinajstić information content (AvgIpc) is 3.39. The van der Waals surface area contributed by atoms with E-state index in [-0.39, 0.29) is 0 Å². The summed E-state index contributed by atoms with van der Waals surface area (Å²) in [6.07, 6.45) is 0.991. The molecular weight excluding hydrogens is 388 g/mol. The Bertz CT molecular complexity index is 1110. The maximum Gasteiger partial charge on any atom is 0.237 e. The van der Waals surface area contributed by atoms with Gasteiger partial charge in [0.05, 0.1) is 18.4 Å². The number of nitrogen functional groups attached to an aromatic ring is 1. The molecule has 0 aliphatic carbocycles. The molecule has 148 valence electrons. The Labute approximate surface area is 172 Å². The third-order valence-corrected chi connectivity index (χ3v) is 5.35. The topological polar surface area (TPSA) is 105 Å². The number of hydrogen-bond donors (Lipinski definition) is 1. The van der Waals surface area contributed by atoms with Crippen molar-refractivity contribution in [1.29, 1.82) is 0 Å². The Morgan fingerprint density at radius 1 is 1.10 bits per heavy atom. The van der Waals surface area contributed by atoms with Crippen molar-refractivity contribution in [1.82, 2.24) is 25.0 Å². The van der Waals surface area contributed by atoms with E-state index in [0.717, 1.165) is 17.5 Å². The monoisotopic (exact) mass is 408 g/mol. The lowest BCUT2D eigenvalue weighted by Crippen LogP contribution is -2.12. The number of hydrogen-bond acceptors (Lipinski definition) is 8. The van der Waals surface area contributed by atoms with E-state index in [2.05, 4.69) is 39.4 Å². The van der Waals surface area contributed by atoms with Crippen LogP contribution in [0.4, 0.5) is 0 Å². The van der Waals surface area contributed by atoms with Crippen LogP contribution in [0.1, 0.15) is 18.4 Å². The van der Waals surface area contributed by atoms with Crippen LogP contribution in [0.3, 0.4) is 0 Å². The molecule has 0 radical (unpaired) electrons. The summed E-state index contributed by atoms with van der Waals surface area (Å²) in [5.41, 5.74) is 2.95. The Balaban J connectivity index is 1.47. The van der Waals surface area contributed by atoms with E-state index in [0.29, 0.717) is 34.2 Å². The number of methoxy groups -OCH3 is 1. The summed E-state index contributed by atoms with van der Waals surface area (Å²) in [5, 5.41) is 13.0. The van der Waals surface area contributed by atoms with Crippen LogP contribution < -0.4 is 10.6 Å². The summed E-state index contributed by atoms with van der Waals surface area (Å²) in [7, 11) is 1.61. The fourth-order valence-corrected chi connectivity index (χ4v) is 3.53. The molecule has 0 aliphatic heterocycles. The molecule has 0 atom stereocenters. The van der Waals surface area contributed by atoms with Gasteiger partial charge >= 0.3 is 0 Å². The molecule has 0 bridgehead atoms. The Morgan fingerprint density at radius 2 is 1.90 bits per heavy atom. The van der Waals surface area contributed by atoms with E-state index in [1.165, 1.54) is 22.0 Å². The highest BCUT2D eigenvalue weighted by molar-refractivity contribution is 7.98. The zero-order chi connectivity index (χ0) is 20.2. The average molecular weight is 408 g/mol. The lowest BCUT2D eigenvalue weighted by Gasteiger charge is -2.07. The summed E-state index contributed by atoms with van der Waals surface area (Å²) < 4.78 is 12.2. The number of aryl methyl sites for hydroxylation is 1. The van der Waals surface area contributed by atoms with Crippen molar-refractivity contribution in [3.8, 4) is 28.5 Å². The first-order chi connectivity index (χ1) is 14.2. The van der Waals surface area contributed by atoms with Crippen molar-refractivity contribution in [3.05, 3.63) is 60.0 Å². The second kappa shape index (κ2) is 8.36. The second-order valence-corrected chi connectivity index (χ2v) is 7.17. The largest absolute Gasteiger partial charge is 0.496 e. The SMILES string of the molecule is CCc1ccc(-c2noc(CSc3nnc(-c4ccccc4OC)n3N)n2)cc1. The van der Waals surface area contributed by atoms with Crippen LogP contribution in [-0.2, 0) is 12.2 Å². The van der Waals surface area contributed by atoms with Gasteiger partial charge in [-0.05, 0) is 24.1 Å². The minimum atomic E-state index is 0.432. The first kappa shape index (κ1) is 19.0. The van der Waals surface area contributed by atoms with E-state index in [1.807, 2.05) is 36.4 Å². The van der Waals surface area contributed by atoms with Crippen molar-refractivity contribution in [2.75, 3.05) is 13.0 Å². The number of nitrogens with two attached hydrogens (primary N) is 1. The molecule has 2 heterocycles. The molecule has 2 N–H and O–H groups in total. The van der Waals surface area contributed by atoms with Crippen molar-refractivity contribution in [3.63, 3.8) is 0 Å². The van der Waals surface area contributed by atoms with Gasteiger partial charge in [0.15, 0.2) is 5.82 Å². The molecule has 4 rings (SSSR count). The number of nitrogens with zero attached hydrogens (tertiary/aromatic N) is 5. The zero-order valence-electron chi connectivity index (χ0n) is 16.1. The molecular formula is C20H20N6O2S. The van der Waals surface area contributed by atoms with Gasteiger partial charge in [0.25, 0.3) is 0 Å². The van der Waals surface area contributed by atoms with Crippen LogP contribution in [0.25, 0.3) is 22.8 Å². The fourth-order valence-electron chi connectivity index (χ4n) is 2.84. The lowest BCUT2D eigenvalue weighted by molar-refractivity contribution is 0.391. The third-order valence-electron chi connectivity index (χ3n) is 4.43. The highest BCUT2D eigenvalue weighted by atomic mass is 32.2. The van der Waals surface area contributed by atoms with Gasteiger partial charge in [0.2, 0.25) is 16.9 Å². The Kier molecular flexibility index (Phi) is 5.48. The van der Waals surface area contributed by atoms with Crippen LogP contribution in [0.5, 0.6) is 5.75 Å². The van der Waals surface area contributed by atoms with Gasteiger partial charge in [-0.15, -0.1) is 10.2 Å². The predicted octanol–water partition coefficient (Wildman–Crippen LogP) is 3.57. The highest BCUT2D eigenvalue weighted by Gasteiger charge is 2.17. The van der Waals surface area contributed by atoms with Crippen molar-refractivity contribution >= 4 is 11.8 Å². The van der Waals surface area contributed by atoms with Crippen molar-refractivity contribution in [2.24, 2.45) is 0 Å². The normalized spacial score (nSPS) is 11.0. The summed E-state index contributed by atoms with van der Waals surface area (Å²) in [6.45, 7) is 2.12. The van der Waals surface area contributed by atoms with E-state index in [4.69, 9.17) is 15.1 Å². The summed E-state index contributed by atoms with van der Waals surface area (Å²) in [5.74, 6) is 8.88. The molecule has 2 aromatic carbocycles. The van der Waals surface area contributed by atoms with Crippen LogP contribution in [0.2, 0.25) is 0 Å².